The van der Waals surface area contributed by atoms with E-state index in [1.807, 2.05) is 30.5 Å². The number of pyridine rings is 1. The fourth-order valence-electron chi connectivity index (χ4n) is 3.58. The van der Waals surface area contributed by atoms with Crippen LogP contribution in [0.5, 0.6) is 0 Å². The van der Waals surface area contributed by atoms with Gasteiger partial charge in [0.05, 0.1) is 17.7 Å². The first-order valence-corrected chi connectivity index (χ1v) is 8.40. The maximum absolute atomic E-state index is 10.4. The molecular weight excluding hydrogens is 316 g/mol. The molecule has 0 aliphatic heterocycles. The molecule has 1 aliphatic carbocycles. The molecule has 2 aromatic heterocycles. The van der Waals surface area contributed by atoms with Gasteiger partial charge < -0.3 is 15.5 Å². The minimum absolute atomic E-state index is 0.0281. The molecule has 1 fully saturated rings. The smallest absolute Gasteiger partial charge is 0.115 e. The molecule has 1 aliphatic rings. The summed E-state index contributed by atoms with van der Waals surface area (Å²) in [6.45, 7) is 0.566. The summed E-state index contributed by atoms with van der Waals surface area (Å²) >= 11 is 0. The summed E-state index contributed by atoms with van der Waals surface area (Å²) in [7, 11) is 0. The number of aromatic nitrogens is 3. The zero-order valence-electron chi connectivity index (χ0n) is 13.7. The van der Waals surface area contributed by atoms with Crippen molar-refractivity contribution >= 4 is 10.9 Å². The highest BCUT2D eigenvalue weighted by molar-refractivity contribution is 5.78. The molecule has 4 rings (SSSR count). The van der Waals surface area contributed by atoms with E-state index >= 15 is 0 Å². The summed E-state index contributed by atoms with van der Waals surface area (Å²) in [4.78, 5) is 12.6. The lowest BCUT2D eigenvalue weighted by atomic mass is 9.96. The SMILES string of the molecule is O[C@H]1[C@H](NCc2cnc3ccccc3c2)[C@@H](c2cncnc2)C[C@H]1O. The molecule has 0 radical (unpaired) electrons. The quantitative estimate of drug-likeness (QED) is 0.667. The van der Waals surface area contributed by atoms with Crippen molar-refractivity contribution in [2.75, 3.05) is 0 Å². The molecule has 3 aromatic rings. The van der Waals surface area contributed by atoms with Crippen LogP contribution >= 0.6 is 0 Å². The van der Waals surface area contributed by atoms with Crippen LogP contribution in [0, 0.1) is 0 Å². The number of para-hydroxylation sites is 1. The number of hydrogen-bond acceptors (Lipinski definition) is 6. The monoisotopic (exact) mass is 336 g/mol. The van der Waals surface area contributed by atoms with E-state index in [0.717, 1.165) is 22.0 Å². The third kappa shape index (κ3) is 3.24. The van der Waals surface area contributed by atoms with Gasteiger partial charge in [-0.05, 0) is 29.7 Å². The molecule has 0 saturated heterocycles. The summed E-state index contributed by atoms with van der Waals surface area (Å²) in [5.41, 5.74) is 2.92. The number of nitrogens with one attached hydrogen (secondary N) is 1. The number of aliphatic hydroxyl groups is 2. The normalized spacial score (nSPS) is 26.2. The molecule has 6 nitrogen and oxygen atoms in total. The second-order valence-electron chi connectivity index (χ2n) is 6.51. The largest absolute Gasteiger partial charge is 0.390 e. The molecule has 0 amide bonds. The van der Waals surface area contributed by atoms with Crippen molar-refractivity contribution in [1.82, 2.24) is 20.3 Å². The number of nitrogens with zero attached hydrogens (tertiary/aromatic N) is 3. The van der Waals surface area contributed by atoms with Crippen molar-refractivity contribution in [2.45, 2.75) is 37.1 Å². The van der Waals surface area contributed by atoms with E-state index in [2.05, 4.69) is 26.3 Å². The molecule has 1 aromatic carbocycles. The number of hydrogen-bond donors (Lipinski definition) is 3. The van der Waals surface area contributed by atoms with E-state index in [9.17, 15) is 10.2 Å². The summed E-state index contributed by atoms with van der Waals surface area (Å²) in [5, 5.41) is 24.9. The molecule has 3 N–H and O–H groups in total. The Morgan fingerprint density at radius 3 is 2.72 bits per heavy atom. The average Bonchev–Trinajstić information content (AvgIpc) is 2.95. The Kier molecular flexibility index (Phi) is 4.40. The van der Waals surface area contributed by atoms with Gasteiger partial charge in [-0.15, -0.1) is 0 Å². The van der Waals surface area contributed by atoms with Gasteiger partial charge in [-0.25, -0.2) is 9.97 Å². The lowest BCUT2D eigenvalue weighted by molar-refractivity contribution is 0.0297. The summed E-state index contributed by atoms with van der Waals surface area (Å²) in [6, 6.07) is 9.81. The van der Waals surface area contributed by atoms with Gasteiger partial charge in [-0.2, -0.15) is 0 Å². The van der Waals surface area contributed by atoms with Crippen molar-refractivity contribution < 1.29 is 10.2 Å². The summed E-state index contributed by atoms with van der Waals surface area (Å²) < 4.78 is 0. The maximum Gasteiger partial charge on any atom is 0.115 e. The molecule has 2 heterocycles. The predicted molar refractivity (Wildman–Crippen MR) is 93.8 cm³/mol. The number of fused-ring (bicyclic) bond motifs is 1. The van der Waals surface area contributed by atoms with E-state index in [0.29, 0.717) is 13.0 Å². The first-order valence-electron chi connectivity index (χ1n) is 8.40. The minimum Gasteiger partial charge on any atom is -0.390 e. The van der Waals surface area contributed by atoms with Crippen molar-refractivity contribution in [2.24, 2.45) is 0 Å². The molecule has 25 heavy (non-hydrogen) atoms. The zero-order valence-corrected chi connectivity index (χ0v) is 13.7. The summed E-state index contributed by atoms with van der Waals surface area (Å²) in [5.74, 6) is -0.0281. The van der Waals surface area contributed by atoms with E-state index in [1.54, 1.807) is 12.4 Å². The molecule has 0 spiro atoms. The van der Waals surface area contributed by atoms with Crippen LogP contribution in [0.25, 0.3) is 10.9 Å². The first kappa shape index (κ1) is 16.1. The third-order valence-corrected chi connectivity index (χ3v) is 4.89. The lowest BCUT2D eigenvalue weighted by Crippen LogP contribution is -2.41. The van der Waals surface area contributed by atoms with Gasteiger partial charge in [0.2, 0.25) is 0 Å². The van der Waals surface area contributed by atoms with E-state index in [4.69, 9.17) is 0 Å². The van der Waals surface area contributed by atoms with Crippen LogP contribution in [0.3, 0.4) is 0 Å². The van der Waals surface area contributed by atoms with Gasteiger partial charge in [-0.3, -0.25) is 4.98 Å². The van der Waals surface area contributed by atoms with Crippen LogP contribution < -0.4 is 5.32 Å². The van der Waals surface area contributed by atoms with Gasteiger partial charge in [0.15, 0.2) is 0 Å². The van der Waals surface area contributed by atoms with Gasteiger partial charge in [-0.1, -0.05) is 18.2 Å². The Bertz CT molecular complexity index is 858. The maximum atomic E-state index is 10.4. The van der Waals surface area contributed by atoms with Crippen LogP contribution in [-0.4, -0.2) is 43.4 Å². The van der Waals surface area contributed by atoms with Crippen LogP contribution in [0.2, 0.25) is 0 Å². The third-order valence-electron chi connectivity index (χ3n) is 4.89. The van der Waals surface area contributed by atoms with Crippen LogP contribution in [0.15, 0.2) is 55.2 Å². The average molecular weight is 336 g/mol. The Labute approximate surface area is 145 Å². The molecular formula is C19H20N4O2. The Morgan fingerprint density at radius 2 is 1.88 bits per heavy atom. The number of rotatable bonds is 4. The molecule has 0 unspecified atom stereocenters. The zero-order chi connectivity index (χ0) is 17.2. The molecule has 4 atom stereocenters. The van der Waals surface area contributed by atoms with Crippen molar-refractivity contribution in [3.8, 4) is 0 Å². The predicted octanol–water partition coefficient (Wildman–Crippen LogP) is 1.39. The van der Waals surface area contributed by atoms with Crippen molar-refractivity contribution in [3.05, 3.63) is 66.4 Å². The Morgan fingerprint density at radius 1 is 1.08 bits per heavy atom. The number of benzene rings is 1. The number of aliphatic hydroxyl groups excluding tert-OH is 2. The van der Waals surface area contributed by atoms with Crippen molar-refractivity contribution in [1.29, 1.82) is 0 Å². The van der Waals surface area contributed by atoms with Gasteiger partial charge in [0.1, 0.15) is 6.33 Å². The Balaban J connectivity index is 1.53. The summed E-state index contributed by atoms with van der Waals surface area (Å²) in [6.07, 6.45) is 5.73. The second kappa shape index (κ2) is 6.84. The van der Waals surface area contributed by atoms with Crippen molar-refractivity contribution in [3.63, 3.8) is 0 Å². The molecule has 0 bridgehead atoms. The highest BCUT2D eigenvalue weighted by Gasteiger charge is 2.42. The standard InChI is InChI=1S/C19H20N4O2/c24-17-6-15(14-9-20-11-21-10-14)18(19(17)25)23-8-12-5-13-3-1-2-4-16(13)22-7-12/h1-5,7,9-11,15,17-19,23-25H,6,8H2/t15-,17-,18-,19-/m1/s1. The molecule has 1 saturated carbocycles. The minimum atomic E-state index is -0.821. The fraction of sp³-hybridized carbons (Fsp3) is 0.316. The highest BCUT2D eigenvalue weighted by Crippen LogP contribution is 2.34. The molecule has 128 valence electrons. The van der Waals surface area contributed by atoms with Crippen LogP contribution in [0.1, 0.15) is 23.5 Å². The first-order chi connectivity index (χ1) is 12.2. The van der Waals surface area contributed by atoms with Crippen LogP contribution in [-0.2, 0) is 6.54 Å². The van der Waals surface area contributed by atoms with Crippen LogP contribution in [0.4, 0.5) is 0 Å². The molecule has 6 heteroatoms. The highest BCUT2D eigenvalue weighted by atomic mass is 16.3. The van der Waals surface area contributed by atoms with Gasteiger partial charge in [0, 0.05) is 42.5 Å². The van der Waals surface area contributed by atoms with E-state index in [1.165, 1.54) is 6.33 Å². The van der Waals surface area contributed by atoms with Gasteiger partial charge >= 0.3 is 0 Å². The topological polar surface area (TPSA) is 91.2 Å². The van der Waals surface area contributed by atoms with Gasteiger partial charge in [0.25, 0.3) is 0 Å². The lowest BCUT2D eigenvalue weighted by Gasteiger charge is -2.23. The Hall–Kier alpha value is -2.41. The van der Waals surface area contributed by atoms with E-state index in [-0.39, 0.29) is 12.0 Å². The van der Waals surface area contributed by atoms with E-state index < -0.39 is 12.2 Å². The fourth-order valence-corrected chi connectivity index (χ4v) is 3.58. The second-order valence-corrected chi connectivity index (χ2v) is 6.51.